The molecule has 2 fully saturated rings. The highest BCUT2D eigenvalue weighted by molar-refractivity contribution is 7.17. The minimum absolute atomic E-state index is 0.0201. The SMILES string of the molecule is COC(=O)c1ccc(CCc2c(F)cc(NC(=O)c3c(NC(=O)c4cccc(CN5C[C@H]6CC[C@@H](C5)N6C(=O)CN(C)C)c4)sc4c3CCCC4)cc2F)cc1. The maximum absolute atomic E-state index is 15.3. The molecule has 1 aliphatic carbocycles. The van der Waals surface area contributed by atoms with Gasteiger partial charge in [0.15, 0.2) is 0 Å². The summed E-state index contributed by atoms with van der Waals surface area (Å²) in [5, 5.41) is 6.11. The number of aryl methyl sites for hydroxylation is 2. The number of piperazine rings is 1. The van der Waals surface area contributed by atoms with Crippen LogP contribution in [0.25, 0.3) is 0 Å². The van der Waals surface area contributed by atoms with Gasteiger partial charge >= 0.3 is 5.97 Å². The number of amides is 3. The average molecular weight is 784 g/mol. The lowest BCUT2D eigenvalue weighted by atomic mass is 9.95. The van der Waals surface area contributed by atoms with Gasteiger partial charge in [-0.3, -0.25) is 19.3 Å². The summed E-state index contributed by atoms with van der Waals surface area (Å²) in [4.78, 5) is 59.6. The Morgan fingerprint density at radius 1 is 0.839 bits per heavy atom. The third kappa shape index (κ3) is 8.69. The lowest BCUT2D eigenvalue weighted by Gasteiger charge is -2.41. The van der Waals surface area contributed by atoms with Gasteiger partial charge in [0.1, 0.15) is 16.6 Å². The minimum atomic E-state index is -0.778. The zero-order valence-electron chi connectivity index (χ0n) is 32.0. The fraction of sp³-hybridized carbons (Fsp3) is 0.395. The van der Waals surface area contributed by atoms with Crippen LogP contribution >= 0.6 is 11.3 Å². The van der Waals surface area contributed by atoms with E-state index in [1.807, 2.05) is 37.2 Å². The average Bonchev–Trinajstić information content (AvgIpc) is 3.67. The van der Waals surface area contributed by atoms with Gasteiger partial charge in [-0.25, -0.2) is 13.6 Å². The van der Waals surface area contributed by atoms with Crippen LogP contribution in [0, 0.1) is 11.6 Å². The number of anilines is 2. The number of benzene rings is 3. The Hall–Kier alpha value is -4.98. The normalized spacial score (nSPS) is 17.8. The molecule has 3 aliphatic rings. The van der Waals surface area contributed by atoms with Gasteiger partial charge in [0, 0.05) is 53.4 Å². The maximum atomic E-state index is 15.3. The molecule has 56 heavy (non-hydrogen) atoms. The first-order valence-corrected chi connectivity index (χ1v) is 20.0. The van der Waals surface area contributed by atoms with E-state index in [1.54, 1.807) is 30.3 Å². The molecule has 3 amide bonds. The highest BCUT2D eigenvalue weighted by atomic mass is 32.1. The number of esters is 1. The third-order valence-electron chi connectivity index (χ3n) is 11.0. The van der Waals surface area contributed by atoms with Crippen molar-refractivity contribution in [3.63, 3.8) is 0 Å². The molecule has 4 aromatic rings. The zero-order valence-corrected chi connectivity index (χ0v) is 32.8. The molecule has 0 unspecified atom stereocenters. The van der Waals surface area contributed by atoms with Gasteiger partial charge in [-0.15, -0.1) is 11.3 Å². The van der Waals surface area contributed by atoms with Crippen molar-refractivity contribution < 1.29 is 32.7 Å². The molecule has 3 heterocycles. The topological polar surface area (TPSA) is 111 Å². The second kappa shape index (κ2) is 17.0. The van der Waals surface area contributed by atoms with Crippen LogP contribution in [-0.4, -0.2) is 91.3 Å². The summed E-state index contributed by atoms with van der Waals surface area (Å²) in [6.07, 6.45) is 5.72. The second-order valence-corrected chi connectivity index (χ2v) is 16.4. The van der Waals surface area contributed by atoms with Crippen molar-refractivity contribution in [1.82, 2.24) is 14.7 Å². The van der Waals surface area contributed by atoms with Crippen molar-refractivity contribution in [2.45, 2.75) is 70.0 Å². The Kier molecular flexibility index (Phi) is 11.9. The van der Waals surface area contributed by atoms with E-state index in [0.717, 1.165) is 78.9 Å². The first-order chi connectivity index (χ1) is 27.0. The number of nitrogens with one attached hydrogen (secondary N) is 2. The fourth-order valence-electron chi connectivity index (χ4n) is 8.32. The smallest absolute Gasteiger partial charge is 0.337 e. The van der Waals surface area contributed by atoms with E-state index >= 15 is 8.78 Å². The molecule has 0 spiro atoms. The third-order valence-corrected chi connectivity index (χ3v) is 12.2. The van der Waals surface area contributed by atoms with Crippen molar-refractivity contribution in [3.8, 4) is 0 Å². The van der Waals surface area contributed by atoms with Crippen molar-refractivity contribution in [2.24, 2.45) is 0 Å². The molecular formula is C43H47F2N5O5S. The summed E-state index contributed by atoms with van der Waals surface area (Å²) >= 11 is 1.38. The van der Waals surface area contributed by atoms with Crippen LogP contribution in [0.2, 0.25) is 0 Å². The van der Waals surface area contributed by atoms with Crippen LogP contribution in [0.1, 0.15) is 83.9 Å². The van der Waals surface area contributed by atoms with Gasteiger partial charge in [-0.05, 0) is 119 Å². The van der Waals surface area contributed by atoms with E-state index in [-0.39, 0.29) is 41.6 Å². The molecule has 7 rings (SSSR count). The monoisotopic (exact) mass is 783 g/mol. The quantitative estimate of drug-likeness (QED) is 0.154. The number of hydrogen-bond donors (Lipinski definition) is 2. The summed E-state index contributed by atoms with van der Waals surface area (Å²) < 4.78 is 35.4. The largest absolute Gasteiger partial charge is 0.465 e. The van der Waals surface area contributed by atoms with Crippen LogP contribution in [0.5, 0.6) is 0 Å². The standard InChI is InChI=1S/C43H47F2N5O5S/c1-48(2)25-38(51)50-31-16-17-32(50)24-49(23-31)22-27-7-6-8-29(19-27)40(52)47-42-39(34-9-4-5-10-37(34)56-42)41(53)46-30-20-35(44)33(36(45)21-30)18-13-26-11-14-28(15-12-26)43(54)55-3/h6-8,11-12,14-15,19-21,31-32H,4-5,9-10,13,16-18,22-25H2,1-3H3,(H,46,53)(H,47,52)/t31-,32+. The number of rotatable bonds is 12. The lowest BCUT2D eigenvalue weighted by molar-refractivity contribution is -0.137. The highest BCUT2D eigenvalue weighted by Gasteiger charge is 2.42. The van der Waals surface area contributed by atoms with Gasteiger partial charge in [0.25, 0.3) is 11.8 Å². The predicted octanol–water partition coefficient (Wildman–Crippen LogP) is 6.72. The Balaban J connectivity index is 1.02. The molecule has 2 bridgehead atoms. The first-order valence-electron chi connectivity index (χ1n) is 19.2. The summed E-state index contributed by atoms with van der Waals surface area (Å²) in [5.74, 6) is -2.73. The zero-order chi connectivity index (χ0) is 39.5. The molecule has 10 nitrogen and oxygen atoms in total. The van der Waals surface area contributed by atoms with E-state index in [4.69, 9.17) is 4.74 Å². The van der Waals surface area contributed by atoms with Crippen molar-refractivity contribution in [3.05, 3.63) is 116 Å². The predicted molar refractivity (Wildman–Crippen MR) is 212 cm³/mol. The number of ether oxygens (including phenoxy) is 1. The Bertz CT molecular complexity index is 2100. The molecular weight excluding hydrogens is 737 g/mol. The second-order valence-electron chi connectivity index (χ2n) is 15.2. The molecule has 1 aromatic heterocycles. The number of likely N-dealkylation sites (N-methyl/N-ethyl adjacent to an activating group) is 1. The first kappa shape index (κ1) is 39.3. The summed E-state index contributed by atoms with van der Waals surface area (Å²) in [6.45, 7) is 2.64. The van der Waals surface area contributed by atoms with E-state index < -0.39 is 23.5 Å². The van der Waals surface area contributed by atoms with Gasteiger partial charge in [-0.2, -0.15) is 0 Å². The number of carbonyl (C=O) groups is 4. The summed E-state index contributed by atoms with van der Waals surface area (Å²) in [6, 6.07) is 16.7. The van der Waals surface area contributed by atoms with E-state index in [9.17, 15) is 19.2 Å². The van der Waals surface area contributed by atoms with Crippen molar-refractivity contribution in [1.29, 1.82) is 0 Å². The molecule has 2 aliphatic heterocycles. The summed E-state index contributed by atoms with van der Waals surface area (Å²) in [7, 11) is 5.12. The molecule has 2 atom stereocenters. The van der Waals surface area contributed by atoms with Crippen molar-refractivity contribution >= 4 is 45.7 Å². The number of halogens is 2. The number of thiophene rings is 1. The Morgan fingerprint density at radius 2 is 1.54 bits per heavy atom. The van der Waals surface area contributed by atoms with Gasteiger partial charge in [0.05, 0.1) is 24.8 Å². The lowest BCUT2D eigenvalue weighted by Crippen LogP contribution is -2.56. The molecule has 294 valence electrons. The molecule has 2 N–H and O–H groups in total. The van der Waals surface area contributed by atoms with E-state index in [1.165, 1.54) is 18.4 Å². The molecule has 13 heteroatoms. The Morgan fingerprint density at radius 3 is 2.21 bits per heavy atom. The van der Waals surface area contributed by atoms with Gasteiger partial charge in [0.2, 0.25) is 5.91 Å². The number of fused-ring (bicyclic) bond motifs is 3. The highest BCUT2D eigenvalue weighted by Crippen LogP contribution is 2.39. The van der Waals surface area contributed by atoms with Gasteiger partial charge < -0.3 is 25.2 Å². The number of methoxy groups -OCH3 is 1. The van der Waals surface area contributed by atoms with Crippen LogP contribution in [0.4, 0.5) is 19.5 Å². The fourth-order valence-corrected chi connectivity index (χ4v) is 9.60. The minimum Gasteiger partial charge on any atom is -0.465 e. The number of nitrogens with zero attached hydrogens (tertiary/aromatic N) is 3. The molecule has 0 radical (unpaired) electrons. The van der Waals surface area contributed by atoms with Crippen LogP contribution in [-0.2, 0) is 41.8 Å². The molecule has 2 saturated heterocycles. The van der Waals surface area contributed by atoms with Crippen LogP contribution in [0.3, 0.4) is 0 Å². The number of carbonyl (C=O) groups excluding carboxylic acids is 4. The number of likely N-dealkylation sites (tertiary alicyclic amines) is 1. The molecule has 3 aromatic carbocycles. The Labute approximate surface area is 329 Å². The van der Waals surface area contributed by atoms with Crippen LogP contribution in [0.15, 0.2) is 60.7 Å². The van der Waals surface area contributed by atoms with E-state index in [2.05, 4.69) is 20.4 Å². The van der Waals surface area contributed by atoms with Crippen LogP contribution < -0.4 is 10.6 Å². The van der Waals surface area contributed by atoms with E-state index in [0.29, 0.717) is 47.6 Å². The number of hydrogen-bond acceptors (Lipinski definition) is 8. The van der Waals surface area contributed by atoms with Crippen molar-refractivity contribution in [2.75, 3.05) is 51.5 Å². The maximum Gasteiger partial charge on any atom is 0.337 e. The summed E-state index contributed by atoms with van der Waals surface area (Å²) in [5.41, 5.74) is 3.69. The molecule has 0 saturated carbocycles. The van der Waals surface area contributed by atoms with Gasteiger partial charge in [-0.1, -0.05) is 24.3 Å².